The Morgan fingerprint density at radius 2 is 1.68 bits per heavy atom. The van der Waals surface area contributed by atoms with Crippen LogP contribution in [-0.4, -0.2) is 10.2 Å². The van der Waals surface area contributed by atoms with Gasteiger partial charge < -0.3 is 15.5 Å². The standard InChI is InChI=1S/C21H18N2O2/c1-13(2)11-21-22-17-8-7-14(24)12-19(17)23(21)18-9-10-20(25)16-6-4-3-5-15(16)18/h3-10,12,22,24-25H,1-2H3. The summed E-state index contributed by atoms with van der Waals surface area (Å²) in [7, 11) is 0. The molecule has 0 fully saturated rings. The van der Waals surface area contributed by atoms with Crippen molar-refractivity contribution in [1.29, 1.82) is 0 Å². The highest BCUT2D eigenvalue weighted by molar-refractivity contribution is 6.03. The Morgan fingerprint density at radius 1 is 0.920 bits per heavy atom. The lowest BCUT2D eigenvalue weighted by molar-refractivity contribution is 0.475. The van der Waals surface area contributed by atoms with Crippen molar-refractivity contribution in [3.05, 3.63) is 71.7 Å². The van der Waals surface area contributed by atoms with E-state index < -0.39 is 0 Å². The van der Waals surface area contributed by atoms with E-state index in [0.717, 1.165) is 39.2 Å². The largest absolute Gasteiger partial charge is 0.508 e. The molecule has 0 saturated carbocycles. The molecule has 0 spiro atoms. The number of allylic oxidation sites excluding steroid dienone is 1. The van der Waals surface area contributed by atoms with Gasteiger partial charge in [0.25, 0.3) is 0 Å². The zero-order valence-corrected chi connectivity index (χ0v) is 14.0. The van der Waals surface area contributed by atoms with Gasteiger partial charge in [0.1, 0.15) is 11.5 Å². The smallest absolute Gasteiger partial charge is 0.160 e. The predicted octanol–water partition coefficient (Wildman–Crippen LogP) is 5.22. The molecule has 0 radical (unpaired) electrons. The minimum atomic E-state index is 0.201. The summed E-state index contributed by atoms with van der Waals surface area (Å²) in [6.45, 7) is 3.98. The maximum absolute atomic E-state index is 10.2. The number of fused-ring (bicyclic) bond motifs is 2. The van der Waals surface area contributed by atoms with Gasteiger partial charge in [-0.1, -0.05) is 30.0 Å². The van der Waals surface area contributed by atoms with Gasteiger partial charge in [0.05, 0.1) is 17.1 Å². The number of phenols is 2. The van der Waals surface area contributed by atoms with Crippen LogP contribution in [0.15, 0.2) is 71.7 Å². The van der Waals surface area contributed by atoms with Crippen molar-refractivity contribution in [3.8, 4) is 11.5 Å². The lowest BCUT2D eigenvalue weighted by atomic mass is 10.1. The van der Waals surface area contributed by atoms with Crippen molar-refractivity contribution in [2.45, 2.75) is 13.8 Å². The van der Waals surface area contributed by atoms with Gasteiger partial charge in [-0.15, -0.1) is 0 Å². The third kappa shape index (κ3) is 2.49. The molecule has 0 amide bonds. The molecule has 25 heavy (non-hydrogen) atoms. The molecule has 3 aromatic carbocycles. The zero-order chi connectivity index (χ0) is 17.6. The van der Waals surface area contributed by atoms with E-state index in [1.165, 1.54) is 0 Å². The molecule has 1 heterocycles. The van der Waals surface area contributed by atoms with Gasteiger partial charge in [-0.25, -0.2) is 0 Å². The number of benzene rings is 3. The Balaban J connectivity index is 2.05. The number of phenolic OH excluding ortho intramolecular Hbond substituents is 2. The molecule has 3 aromatic rings. The Bertz CT molecular complexity index is 1060. The summed E-state index contributed by atoms with van der Waals surface area (Å²) in [5.74, 6) is 1.24. The molecule has 0 aliphatic carbocycles. The summed E-state index contributed by atoms with van der Waals surface area (Å²) < 4.78 is 0. The molecule has 0 saturated heterocycles. The van der Waals surface area contributed by atoms with Gasteiger partial charge in [-0.05, 0) is 43.7 Å². The molecule has 4 nitrogen and oxygen atoms in total. The van der Waals surface area contributed by atoms with Gasteiger partial charge >= 0.3 is 0 Å². The Kier molecular flexibility index (Phi) is 3.41. The van der Waals surface area contributed by atoms with Crippen LogP contribution in [0.1, 0.15) is 13.8 Å². The van der Waals surface area contributed by atoms with Crippen molar-refractivity contribution in [2.75, 3.05) is 10.2 Å². The zero-order valence-electron chi connectivity index (χ0n) is 14.0. The molecule has 1 aliphatic rings. The van der Waals surface area contributed by atoms with Crippen LogP contribution in [0.5, 0.6) is 11.5 Å². The first-order valence-corrected chi connectivity index (χ1v) is 8.09. The number of hydrogen-bond donors (Lipinski definition) is 3. The van der Waals surface area contributed by atoms with Crippen molar-refractivity contribution in [1.82, 2.24) is 0 Å². The Hall–Kier alpha value is -3.36. The monoisotopic (exact) mass is 330 g/mol. The highest BCUT2D eigenvalue weighted by Crippen LogP contribution is 2.46. The third-order valence-corrected chi connectivity index (χ3v) is 4.19. The molecular weight excluding hydrogens is 312 g/mol. The van der Waals surface area contributed by atoms with Crippen LogP contribution < -0.4 is 10.2 Å². The number of rotatable bonds is 1. The van der Waals surface area contributed by atoms with Crippen LogP contribution in [0.25, 0.3) is 10.8 Å². The molecule has 1 aliphatic heterocycles. The van der Waals surface area contributed by atoms with Crippen molar-refractivity contribution >= 4 is 27.8 Å². The molecule has 4 heteroatoms. The summed E-state index contributed by atoms with van der Waals surface area (Å²) in [5, 5.41) is 25.2. The molecule has 124 valence electrons. The molecule has 0 aromatic heterocycles. The van der Waals surface area contributed by atoms with Crippen molar-refractivity contribution in [2.24, 2.45) is 0 Å². The van der Waals surface area contributed by atoms with Crippen molar-refractivity contribution < 1.29 is 10.2 Å². The van der Waals surface area contributed by atoms with Crippen LogP contribution in [0.4, 0.5) is 17.1 Å². The fourth-order valence-electron chi connectivity index (χ4n) is 3.15. The molecule has 0 bridgehead atoms. The first kappa shape index (κ1) is 15.2. The number of hydrogen-bond acceptors (Lipinski definition) is 4. The lowest BCUT2D eigenvalue weighted by Gasteiger charge is -2.21. The van der Waals surface area contributed by atoms with E-state index in [-0.39, 0.29) is 11.5 Å². The average Bonchev–Trinajstić information content (AvgIpc) is 2.92. The van der Waals surface area contributed by atoms with Gasteiger partial charge in [-0.3, -0.25) is 4.90 Å². The number of aromatic hydroxyl groups is 2. The molecule has 0 atom stereocenters. The summed E-state index contributed by atoms with van der Waals surface area (Å²) in [6, 6.07) is 16.5. The van der Waals surface area contributed by atoms with E-state index in [9.17, 15) is 10.2 Å². The molecule has 0 unspecified atom stereocenters. The van der Waals surface area contributed by atoms with Crippen LogP contribution in [-0.2, 0) is 0 Å². The minimum absolute atomic E-state index is 0.201. The first-order chi connectivity index (χ1) is 12.0. The lowest BCUT2D eigenvalue weighted by Crippen LogP contribution is -2.14. The van der Waals surface area contributed by atoms with E-state index in [1.54, 1.807) is 18.2 Å². The first-order valence-electron chi connectivity index (χ1n) is 8.09. The van der Waals surface area contributed by atoms with E-state index in [4.69, 9.17) is 0 Å². The fraction of sp³-hybridized carbons (Fsp3) is 0.0952. The Labute approximate surface area is 146 Å². The van der Waals surface area contributed by atoms with Gasteiger partial charge in [0, 0.05) is 16.8 Å². The quantitative estimate of drug-likeness (QED) is 0.423. The van der Waals surface area contributed by atoms with E-state index in [2.05, 4.69) is 11.0 Å². The Morgan fingerprint density at radius 3 is 2.44 bits per heavy atom. The second-order valence-corrected chi connectivity index (χ2v) is 6.28. The van der Waals surface area contributed by atoms with Crippen molar-refractivity contribution in [3.63, 3.8) is 0 Å². The van der Waals surface area contributed by atoms with Crippen LogP contribution in [0.3, 0.4) is 0 Å². The number of nitrogens with zero attached hydrogens (tertiary/aromatic N) is 1. The highest BCUT2D eigenvalue weighted by Gasteiger charge is 2.27. The maximum Gasteiger partial charge on any atom is 0.160 e. The highest BCUT2D eigenvalue weighted by atomic mass is 16.3. The molecular formula is C21H18N2O2. The summed E-state index contributed by atoms with van der Waals surface area (Å²) in [4.78, 5) is 2.02. The van der Waals surface area contributed by atoms with Crippen LogP contribution in [0, 0.1) is 0 Å². The second kappa shape index (κ2) is 5.62. The normalized spacial score (nSPS) is 12.7. The topological polar surface area (TPSA) is 55.7 Å². The van der Waals surface area contributed by atoms with Gasteiger partial charge in [-0.2, -0.15) is 0 Å². The molecule has 4 rings (SSSR count). The van der Waals surface area contributed by atoms with Crippen LogP contribution >= 0.6 is 0 Å². The summed E-state index contributed by atoms with van der Waals surface area (Å²) in [6.07, 6.45) is 0. The fourth-order valence-corrected chi connectivity index (χ4v) is 3.15. The van der Waals surface area contributed by atoms with Gasteiger partial charge in [0.15, 0.2) is 5.82 Å². The second-order valence-electron chi connectivity index (χ2n) is 6.28. The van der Waals surface area contributed by atoms with Crippen LogP contribution in [0.2, 0.25) is 0 Å². The van der Waals surface area contributed by atoms with Gasteiger partial charge in [0.2, 0.25) is 0 Å². The summed E-state index contributed by atoms with van der Waals surface area (Å²) in [5.41, 5.74) is 7.03. The minimum Gasteiger partial charge on any atom is -0.508 e. The van der Waals surface area contributed by atoms with E-state index in [0.29, 0.717) is 0 Å². The SMILES string of the molecule is CC(C)=C=C1Nc2ccc(O)cc2N1c1ccc(O)c2ccccc12. The van der Waals surface area contributed by atoms with E-state index >= 15 is 0 Å². The maximum atomic E-state index is 10.2. The number of anilines is 3. The number of nitrogens with one attached hydrogen (secondary N) is 1. The summed E-state index contributed by atoms with van der Waals surface area (Å²) >= 11 is 0. The van der Waals surface area contributed by atoms with E-state index in [1.807, 2.05) is 55.1 Å². The molecule has 3 N–H and O–H groups in total. The predicted molar refractivity (Wildman–Crippen MR) is 101 cm³/mol. The third-order valence-electron chi connectivity index (χ3n) is 4.19. The average molecular weight is 330 g/mol.